The van der Waals surface area contributed by atoms with Gasteiger partial charge in [0.25, 0.3) is 0 Å². The van der Waals surface area contributed by atoms with Crippen LogP contribution in [-0.2, 0) is 31.2 Å². The van der Waals surface area contributed by atoms with Gasteiger partial charge in [-0.3, -0.25) is 4.79 Å². The van der Waals surface area contributed by atoms with Gasteiger partial charge in [0, 0.05) is 75.6 Å². The summed E-state index contributed by atoms with van der Waals surface area (Å²) in [5.74, 6) is 2.00. The molecule has 8 rings (SSSR count). The fourth-order valence-corrected chi connectivity index (χ4v) is 12.7. The molecule has 11 heteroatoms. The Labute approximate surface area is 458 Å². The molecule has 0 radical (unpaired) electrons. The number of rotatable bonds is 22. The molecule has 0 unspecified atom stereocenters. The topological polar surface area (TPSA) is 126 Å². The van der Waals surface area contributed by atoms with Crippen LogP contribution in [0.25, 0.3) is 22.5 Å². The van der Waals surface area contributed by atoms with E-state index in [1.165, 1.54) is 66.2 Å². The maximum Gasteiger partial charge on any atom is 0.305 e. The Kier molecular flexibility index (Phi) is 21.0. The quantitative estimate of drug-likeness (QED) is 0.0515. The number of aliphatic hydroxyl groups excluding tert-OH is 3. The van der Waals surface area contributed by atoms with Crippen molar-refractivity contribution >= 4 is 17.6 Å². The summed E-state index contributed by atoms with van der Waals surface area (Å²) in [6.45, 7) is 27.7. The van der Waals surface area contributed by atoms with Crippen molar-refractivity contribution in [1.29, 1.82) is 0 Å². The van der Waals surface area contributed by atoms with Crippen LogP contribution in [0.3, 0.4) is 0 Å². The number of fused-ring (bicyclic) bond motifs is 2. The van der Waals surface area contributed by atoms with Crippen molar-refractivity contribution in [3.8, 4) is 22.5 Å². The second-order valence-electron chi connectivity index (χ2n) is 25.3. The molecule has 4 heterocycles. The van der Waals surface area contributed by atoms with E-state index in [1.54, 1.807) is 0 Å². The number of methoxy groups -OCH3 is 1. The first-order valence-electron chi connectivity index (χ1n) is 29.5. The fraction of sp³-hybridized carbons (Fsp3) is 0.646. The van der Waals surface area contributed by atoms with Gasteiger partial charge in [-0.25, -0.2) is 9.97 Å². The summed E-state index contributed by atoms with van der Waals surface area (Å²) in [5, 5.41) is 27.7. The highest BCUT2D eigenvalue weighted by atomic mass is 16.5. The predicted octanol–water partition coefficient (Wildman–Crippen LogP) is 12.0. The van der Waals surface area contributed by atoms with Crippen LogP contribution in [-0.4, -0.2) is 132 Å². The van der Waals surface area contributed by atoms with E-state index in [4.69, 9.17) is 14.7 Å². The minimum Gasteiger partial charge on any atom is -0.469 e. The molecule has 2 aliphatic carbocycles. The Bertz CT molecular complexity index is 2440. The molecule has 0 atom stereocenters. The molecule has 2 aromatic heterocycles. The van der Waals surface area contributed by atoms with Crippen LogP contribution in [0.1, 0.15) is 180 Å². The second-order valence-corrected chi connectivity index (χ2v) is 25.3. The number of unbranched alkanes of at least 4 members (excludes halogenated alkanes) is 3. The van der Waals surface area contributed by atoms with E-state index in [-0.39, 0.29) is 47.4 Å². The number of aliphatic hydroxyl groups is 3. The smallest absolute Gasteiger partial charge is 0.305 e. The van der Waals surface area contributed by atoms with E-state index in [0.29, 0.717) is 18.5 Å². The summed E-state index contributed by atoms with van der Waals surface area (Å²) in [4.78, 5) is 31.9. The standard InChI is InChI=1S/C33H49N3O3.C32H49N3O2/c1-32(2)17-18-33(3,4)28-24-25(13-14-27(28)32)29-10-8-11-30(34-29)36-21-15-26(16-22-36)35(19-6-7-23-37)20-9-12-31(38)39-5;1-31(2)16-17-32(3,4)28-24-25(12-13-27(28)31)29-10-9-11-30(33-29)35-20-14-26(15-21-35)34(18-5-7-22-36)19-6-8-23-37/h8,10-11,13-14,24,26,37H,6-7,9,12,15-23H2,1-5H3;9-13,24,26,36-37H,5-8,14-23H2,1-4H3. The number of anilines is 2. The Balaban J connectivity index is 0.000000221. The molecule has 2 aliphatic heterocycles. The van der Waals surface area contributed by atoms with Gasteiger partial charge >= 0.3 is 5.97 Å². The largest absolute Gasteiger partial charge is 0.469 e. The molecule has 0 saturated carbocycles. The summed E-state index contributed by atoms with van der Waals surface area (Å²) in [6, 6.07) is 28.0. The summed E-state index contributed by atoms with van der Waals surface area (Å²) in [7, 11) is 1.45. The maximum atomic E-state index is 11.6. The SMILES string of the molecule is CC1(C)CCC(C)(C)c2cc(-c3cccc(N4CCC(N(CCCCO)CCCCO)CC4)n3)ccc21.COC(=O)CCCN(CCCCO)C1CCN(c2cccc(-c3ccc4c(c3)C(C)(C)CCC4(C)C)n2)CC1. The Morgan fingerprint density at radius 3 is 1.22 bits per heavy atom. The van der Waals surface area contributed by atoms with Crippen LogP contribution in [0.2, 0.25) is 0 Å². The summed E-state index contributed by atoms with van der Waals surface area (Å²) < 4.78 is 4.82. The van der Waals surface area contributed by atoms with E-state index in [0.717, 1.165) is 146 Å². The van der Waals surface area contributed by atoms with Crippen molar-refractivity contribution < 1.29 is 24.9 Å². The number of ether oxygens (including phenoxy) is 1. The highest BCUT2D eigenvalue weighted by molar-refractivity contribution is 5.69. The molecule has 4 aliphatic rings. The molecule has 0 bridgehead atoms. The van der Waals surface area contributed by atoms with Gasteiger partial charge in [-0.1, -0.05) is 91.8 Å². The number of nitrogens with zero attached hydrogens (tertiary/aromatic N) is 6. The number of aromatic nitrogens is 2. The lowest BCUT2D eigenvalue weighted by molar-refractivity contribution is -0.140. The molecule has 418 valence electrons. The van der Waals surface area contributed by atoms with Crippen molar-refractivity contribution in [2.75, 3.05) is 89.1 Å². The molecular formula is C65H98N6O5. The monoisotopic (exact) mass is 1040 g/mol. The number of carbonyl (C=O) groups is 1. The molecule has 2 aromatic carbocycles. The van der Waals surface area contributed by atoms with Crippen LogP contribution >= 0.6 is 0 Å². The number of esters is 1. The van der Waals surface area contributed by atoms with Gasteiger partial charge in [-0.15, -0.1) is 0 Å². The third-order valence-corrected chi connectivity index (χ3v) is 18.0. The van der Waals surface area contributed by atoms with Gasteiger partial charge in [0.05, 0.1) is 18.5 Å². The van der Waals surface area contributed by atoms with Gasteiger partial charge in [-0.05, 0) is 203 Å². The van der Waals surface area contributed by atoms with Gasteiger partial charge in [0.2, 0.25) is 0 Å². The van der Waals surface area contributed by atoms with Gasteiger partial charge < -0.3 is 39.7 Å². The van der Waals surface area contributed by atoms with E-state index in [2.05, 4.69) is 148 Å². The lowest BCUT2D eigenvalue weighted by Crippen LogP contribution is -2.46. The molecule has 11 nitrogen and oxygen atoms in total. The average Bonchev–Trinajstić information content (AvgIpc) is 3.43. The van der Waals surface area contributed by atoms with Gasteiger partial charge in [0.1, 0.15) is 11.6 Å². The average molecular weight is 1040 g/mol. The minimum atomic E-state index is -0.141. The zero-order valence-corrected chi connectivity index (χ0v) is 48.5. The third-order valence-electron chi connectivity index (χ3n) is 18.0. The lowest BCUT2D eigenvalue weighted by Gasteiger charge is -2.42. The van der Waals surface area contributed by atoms with Crippen LogP contribution < -0.4 is 9.80 Å². The van der Waals surface area contributed by atoms with E-state index in [1.807, 2.05) is 0 Å². The molecule has 2 fully saturated rings. The highest BCUT2D eigenvalue weighted by Crippen LogP contribution is 2.48. The normalized spacial score (nSPS) is 19.0. The van der Waals surface area contributed by atoms with Crippen molar-refractivity contribution in [3.05, 3.63) is 95.1 Å². The highest BCUT2D eigenvalue weighted by Gasteiger charge is 2.39. The molecule has 3 N–H and O–H groups in total. The maximum absolute atomic E-state index is 11.6. The van der Waals surface area contributed by atoms with Gasteiger partial charge in [-0.2, -0.15) is 0 Å². The van der Waals surface area contributed by atoms with Crippen molar-refractivity contribution in [2.24, 2.45) is 0 Å². The third kappa shape index (κ3) is 15.2. The minimum absolute atomic E-state index is 0.141. The fourth-order valence-electron chi connectivity index (χ4n) is 12.7. The van der Waals surface area contributed by atoms with E-state index >= 15 is 0 Å². The number of pyridine rings is 2. The summed E-state index contributed by atoms with van der Waals surface area (Å²) in [5.41, 5.74) is 11.3. The zero-order chi connectivity index (χ0) is 54.5. The van der Waals surface area contributed by atoms with Crippen LogP contribution in [0.4, 0.5) is 11.6 Å². The first-order valence-corrected chi connectivity index (χ1v) is 29.5. The van der Waals surface area contributed by atoms with E-state index in [9.17, 15) is 20.1 Å². The van der Waals surface area contributed by atoms with Crippen LogP contribution in [0.5, 0.6) is 0 Å². The van der Waals surface area contributed by atoms with Crippen molar-refractivity contribution in [3.63, 3.8) is 0 Å². The molecule has 2 saturated heterocycles. The summed E-state index contributed by atoms with van der Waals surface area (Å²) in [6.07, 6.45) is 16.2. The Hall–Kier alpha value is -4.39. The number of hydrogen-bond donors (Lipinski definition) is 3. The Morgan fingerprint density at radius 1 is 0.513 bits per heavy atom. The number of benzene rings is 2. The molecule has 0 spiro atoms. The van der Waals surface area contributed by atoms with Crippen molar-refractivity contribution in [2.45, 2.75) is 192 Å². The number of piperidine rings is 2. The molecule has 0 amide bonds. The predicted molar refractivity (Wildman–Crippen MR) is 314 cm³/mol. The number of carbonyl (C=O) groups excluding carboxylic acids is 1. The number of hydrogen-bond acceptors (Lipinski definition) is 11. The lowest BCUT2D eigenvalue weighted by atomic mass is 9.63. The zero-order valence-electron chi connectivity index (χ0n) is 48.5. The van der Waals surface area contributed by atoms with Crippen LogP contribution in [0.15, 0.2) is 72.8 Å². The summed E-state index contributed by atoms with van der Waals surface area (Å²) >= 11 is 0. The van der Waals surface area contributed by atoms with E-state index < -0.39 is 0 Å². The molecule has 4 aromatic rings. The molecular weight excluding hydrogens is 945 g/mol. The molecule has 76 heavy (non-hydrogen) atoms. The van der Waals surface area contributed by atoms with Gasteiger partial charge in [0.15, 0.2) is 0 Å². The second kappa shape index (κ2) is 27.0. The van der Waals surface area contributed by atoms with Crippen LogP contribution in [0, 0.1) is 0 Å². The Morgan fingerprint density at radius 2 is 0.868 bits per heavy atom. The first kappa shape index (κ1) is 59.3. The van der Waals surface area contributed by atoms with Crippen molar-refractivity contribution in [1.82, 2.24) is 19.8 Å². The first-order chi connectivity index (χ1) is 36.4.